The number of amides is 1. The summed E-state index contributed by atoms with van der Waals surface area (Å²) in [5.41, 5.74) is 0.528. The molecule has 1 saturated carbocycles. The number of nitrogens with zero attached hydrogens (tertiary/aromatic N) is 4. The van der Waals surface area contributed by atoms with Crippen LogP contribution in [0.5, 0.6) is 0 Å². The van der Waals surface area contributed by atoms with Gasteiger partial charge >= 0.3 is 6.09 Å². The van der Waals surface area contributed by atoms with E-state index in [-0.39, 0.29) is 23.3 Å². The van der Waals surface area contributed by atoms with E-state index in [1.165, 1.54) is 24.2 Å². The standard InChI is InChI=1S/C18H27N5O3S/c1-5-15-16(22(4)12(2)20-17(27)21-13(3)24)19-11-23(15)18(25)26-14-9-7-6-8-10-14/h5,11-12,14H,1,6-10H2,2-4H3,(H2,20,21,24,27). The molecule has 1 unspecified atom stereocenters. The molecule has 148 valence electrons. The number of amidine groups is 1. The Balaban J connectivity index is 2.14. The SMILES string of the molecule is C=Cc1c(N(C)C(C)/N=C(\S)NC(C)=O)ncn1C(=O)OC1CCCCC1. The molecule has 0 aliphatic heterocycles. The third kappa shape index (κ3) is 5.59. The lowest BCUT2D eigenvalue weighted by atomic mass is 9.98. The van der Waals surface area contributed by atoms with Gasteiger partial charge in [0, 0.05) is 14.0 Å². The molecule has 1 aromatic rings. The fourth-order valence-corrected chi connectivity index (χ4v) is 3.29. The van der Waals surface area contributed by atoms with Gasteiger partial charge in [0.25, 0.3) is 0 Å². The summed E-state index contributed by atoms with van der Waals surface area (Å²) in [5.74, 6) is 0.283. The van der Waals surface area contributed by atoms with E-state index in [1.54, 1.807) is 18.0 Å². The molecule has 1 atom stereocenters. The van der Waals surface area contributed by atoms with Crippen LogP contribution < -0.4 is 10.2 Å². The Morgan fingerprint density at radius 3 is 2.74 bits per heavy atom. The number of hydrogen-bond acceptors (Lipinski definition) is 6. The summed E-state index contributed by atoms with van der Waals surface area (Å²) in [4.78, 5) is 34.0. The summed E-state index contributed by atoms with van der Waals surface area (Å²) in [6.45, 7) is 7.00. The topological polar surface area (TPSA) is 88.8 Å². The minimum absolute atomic E-state index is 0.0413. The van der Waals surface area contributed by atoms with Crippen molar-refractivity contribution in [3.63, 3.8) is 0 Å². The molecule has 1 amide bonds. The van der Waals surface area contributed by atoms with Crippen LogP contribution in [0.1, 0.15) is 51.6 Å². The molecular weight excluding hydrogens is 366 g/mol. The largest absolute Gasteiger partial charge is 0.446 e. The van der Waals surface area contributed by atoms with E-state index in [0.29, 0.717) is 11.5 Å². The fraction of sp³-hybridized carbons (Fsp3) is 0.556. The van der Waals surface area contributed by atoms with Crippen LogP contribution in [0.25, 0.3) is 6.08 Å². The summed E-state index contributed by atoms with van der Waals surface area (Å²) < 4.78 is 6.97. The van der Waals surface area contributed by atoms with Crippen molar-refractivity contribution in [2.24, 2.45) is 4.99 Å². The van der Waals surface area contributed by atoms with Crippen LogP contribution in [-0.2, 0) is 9.53 Å². The van der Waals surface area contributed by atoms with Crippen LogP contribution >= 0.6 is 12.6 Å². The number of ether oxygens (including phenoxy) is 1. The van der Waals surface area contributed by atoms with Crippen LogP contribution in [0, 0.1) is 0 Å². The van der Waals surface area contributed by atoms with Gasteiger partial charge in [0.05, 0.1) is 5.69 Å². The summed E-state index contributed by atoms with van der Waals surface area (Å²) in [7, 11) is 1.79. The number of carbonyl (C=O) groups excluding carboxylic acids is 2. The molecule has 27 heavy (non-hydrogen) atoms. The smallest absolute Gasteiger partial charge is 0.420 e. The Kier molecular flexibility index (Phi) is 7.46. The van der Waals surface area contributed by atoms with Crippen molar-refractivity contribution in [1.82, 2.24) is 14.9 Å². The second-order valence-corrected chi connectivity index (χ2v) is 6.97. The molecule has 0 bridgehead atoms. The lowest BCUT2D eigenvalue weighted by Crippen LogP contribution is -2.32. The quantitative estimate of drug-likeness (QED) is 0.456. The summed E-state index contributed by atoms with van der Waals surface area (Å²) >= 11 is 4.15. The molecule has 1 N–H and O–H groups in total. The Labute approximate surface area is 165 Å². The van der Waals surface area contributed by atoms with Gasteiger partial charge in [-0.05, 0) is 38.7 Å². The van der Waals surface area contributed by atoms with Crippen molar-refractivity contribution in [3.05, 3.63) is 18.6 Å². The van der Waals surface area contributed by atoms with Crippen molar-refractivity contribution in [2.45, 2.75) is 58.2 Å². The van der Waals surface area contributed by atoms with Gasteiger partial charge in [-0.2, -0.15) is 0 Å². The maximum absolute atomic E-state index is 12.5. The van der Waals surface area contributed by atoms with Gasteiger partial charge in [-0.1, -0.05) is 13.0 Å². The summed E-state index contributed by atoms with van der Waals surface area (Å²) in [6, 6.07) is 0. The highest BCUT2D eigenvalue weighted by Crippen LogP contribution is 2.24. The van der Waals surface area contributed by atoms with Crippen LogP contribution in [0.2, 0.25) is 0 Å². The minimum atomic E-state index is -0.451. The van der Waals surface area contributed by atoms with E-state index in [1.807, 2.05) is 6.92 Å². The molecule has 8 nitrogen and oxygen atoms in total. The lowest BCUT2D eigenvalue weighted by Gasteiger charge is -2.24. The van der Waals surface area contributed by atoms with Gasteiger partial charge in [0.15, 0.2) is 11.0 Å². The predicted octanol–water partition coefficient (Wildman–Crippen LogP) is 3.05. The van der Waals surface area contributed by atoms with Crippen molar-refractivity contribution in [1.29, 1.82) is 0 Å². The Morgan fingerprint density at radius 1 is 1.48 bits per heavy atom. The van der Waals surface area contributed by atoms with Crippen molar-refractivity contribution in [2.75, 3.05) is 11.9 Å². The summed E-state index contributed by atoms with van der Waals surface area (Å²) in [5, 5.41) is 2.71. The third-order valence-corrected chi connectivity index (χ3v) is 4.71. The van der Waals surface area contributed by atoms with Gasteiger partial charge in [0.2, 0.25) is 5.91 Å². The molecule has 9 heteroatoms. The molecule has 2 rings (SSSR count). The highest BCUT2D eigenvalue weighted by molar-refractivity contribution is 7.96. The number of hydrogen-bond donors (Lipinski definition) is 2. The second-order valence-electron chi connectivity index (χ2n) is 6.55. The molecule has 1 aliphatic carbocycles. The minimum Gasteiger partial charge on any atom is -0.446 e. The van der Waals surface area contributed by atoms with E-state index < -0.39 is 6.09 Å². The molecule has 0 saturated heterocycles. The first-order valence-corrected chi connectivity index (χ1v) is 9.46. The zero-order valence-electron chi connectivity index (χ0n) is 16.0. The van der Waals surface area contributed by atoms with Gasteiger partial charge in [-0.3, -0.25) is 4.79 Å². The zero-order chi connectivity index (χ0) is 20.0. The van der Waals surface area contributed by atoms with Gasteiger partial charge in [-0.15, -0.1) is 12.6 Å². The number of anilines is 1. The average Bonchev–Trinajstić information content (AvgIpc) is 3.05. The van der Waals surface area contributed by atoms with E-state index in [4.69, 9.17) is 4.74 Å². The first kappa shape index (κ1) is 21.0. The molecule has 1 aliphatic rings. The normalized spacial score (nSPS) is 16.5. The van der Waals surface area contributed by atoms with Gasteiger partial charge in [0.1, 0.15) is 18.6 Å². The van der Waals surface area contributed by atoms with Crippen LogP contribution in [0.4, 0.5) is 10.6 Å². The van der Waals surface area contributed by atoms with E-state index >= 15 is 0 Å². The maximum atomic E-state index is 12.5. The van der Waals surface area contributed by atoms with E-state index in [9.17, 15) is 9.59 Å². The number of nitrogens with one attached hydrogen (secondary N) is 1. The number of imidazole rings is 1. The first-order chi connectivity index (χ1) is 12.8. The van der Waals surface area contributed by atoms with Crippen LogP contribution in [0.15, 0.2) is 17.9 Å². The van der Waals surface area contributed by atoms with Crippen molar-refractivity contribution < 1.29 is 14.3 Å². The van der Waals surface area contributed by atoms with Crippen molar-refractivity contribution in [3.8, 4) is 0 Å². The fourth-order valence-electron chi connectivity index (χ4n) is 2.97. The molecular formula is C18H27N5O3S. The number of aromatic nitrogens is 2. The molecule has 0 aromatic carbocycles. The Morgan fingerprint density at radius 2 is 2.15 bits per heavy atom. The molecule has 1 heterocycles. The lowest BCUT2D eigenvalue weighted by molar-refractivity contribution is -0.117. The first-order valence-electron chi connectivity index (χ1n) is 9.01. The van der Waals surface area contributed by atoms with Crippen LogP contribution in [0.3, 0.4) is 0 Å². The molecule has 0 spiro atoms. The number of carbonyl (C=O) groups is 2. The molecule has 0 radical (unpaired) electrons. The summed E-state index contributed by atoms with van der Waals surface area (Å²) in [6.07, 6.45) is 7.28. The second kappa shape index (κ2) is 9.59. The molecule has 1 fully saturated rings. The third-order valence-electron chi connectivity index (χ3n) is 4.49. The number of rotatable bonds is 5. The average molecular weight is 394 g/mol. The monoisotopic (exact) mass is 393 g/mol. The zero-order valence-corrected chi connectivity index (χ0v) is 16.9. The Hall–Kier alpha value is -2.29. The van der Waals surface area contributed by atoms with E-state index in [0.717, 1.165) is 25.7 Å². The number of thiol groups is 1. The Bertz CT molecular complexity index is 725. The predicted molar refractivity (Wildman–Crippen MR) is 109 cm³/mol. The van der Waals surface area contributed by atoms with Gasteiger partial charge < -0.3 is 15.0 Å². The maximum Gasteiger partial charge on any atom is 0.420 e. The molecule has 1 aromatic heterocycles. The van der Waals surface area contributed by atoms with E-state index in [2.05, 4.69) is 34.5 Å². The van der Waals surface area contributed by atoms with Crippen LogP contribution in [-0.4, -0.2) is 46.0 Å². The highest BCUT2D eigenvalue weighted by Gasteiger charge is 2.23. The van der Waals surface area contributed by atoms with Crippen molar-refractivity contribution >= 4 is 41.7 Å². The van der Waals surface area contributed by atoms with Gasteiger partial charge in [-0.25, -0.2) is 19.3 Å². The highest BCUT2D eigenvalue weighted by atomic mass is 32.1. The number of aliphatic imine (C=N–C) groups is 1.